The Morgan fingerprint density at radius 3 is 2.00 bits per heavy atom. The second-order valence-electron chi connectivity index (χ2n) is 11.1. The van der Waals surface area contributed by atoms with Gasteiger partial charge in [0.2, 0.25) is 5.96 Å². The van der Waals surface area contributed by atoms with Crippen LogP contribution in [-0.4, -0.2) is 22.1 Å². The Labute approximate surface area is 239 Å². The van der Waals surface area contributed by atoms with Crippen LogP contribution < -0.4 is 0 Å². The summed E-state index contributed by atoms with van der Waals surface area (Å²) in [5.41, 5.74) is 9.72. The van der Waals surface area contributed by atoms with E-state index in [0.29, 0.717) is 5.96 Å². The molecule has 0 aliphatic heterocycles. The van der Waals surface area contributed by atoms with Crippen LogP contribution in [0.2, 0.25) is 0 Å². The minimum Gasteiger partial charge on any atom is -0.282 e. The molecule has 1 aliphatic rings. The lowest BCUT2D eigenvalue weighted by Gasteiger charge is -2.21. The number of hydrogen-bond acceptors (Lipinski definition) is 1. The monoisotopic (exact) mass is 530 g/mol. The largest absolute Gasteiger partial charge is 0.282 e. The number of nitrogens with one attached hydrogen (secondary N) is 1. The lowest BCUT2D eigenvalue weighted by atomic mass is 9.82. The zero-order valence-electron chi connectivity index (χ0n) is 23.4. The highest BCUT2D eigenvalue weighted by atomic mass is 15.2. The predicted molar refractivity (Wildman–Crippen MR) is 172 cm³/mol. The molecule has 198 valence electrons. The number of nitrogens with zero attached hydrogens (tertiary/aromatic N) is 3. The topological polar surface area (TPSA) is 53.5 Å². The van der Waals surface area contributed by atoms with E-state index < -0.39 is 0 Å². The first kappa shape index (κ1) is 24.9. The Morgan fingerprint density at radius 1 is 0.610 bits per heavy atom. The summed E-state index contributed by atoms with van der Waals surface area (Å²) in [5.74, 6) is 0.643. The summed E-state index contributed by atoms with van der Waals surface area (Å²) in [6.07, 6.45) is 0. The van der Waals surface area contributed by atoms with Crippen molar-refractivity contribution >= 4 is 39.3 Å². The van der Waals surface area contributed by atoms with E-state index >= 15 is 0 Å². The Hall–Kier alpha value is -5.09. The van der Waals surface area contributed by atoms with Gasteiger partial charge in [0.1, 0.15) is 0 Å². The first-order valence-electron chi connectivity index (χ1n) is 13.9. The van der Waals surface area contributed by atoms with Gasteiger partial charge in [-0.1, -0.05) is 117 Å². The highest BCUT2D eigenvalue weighted by Crippen LogP contribution is 2.50. The second kappa shape index (κ2) is 9.53. The molecule has 5 aromatic carbocycles. The molecular formula is C37H30N4. The van der Waals surface area contributed by atoms with Gasteiger partial charge in [-0.3, -0.25) is 9.98 Å². The third kappa shape index (κ3) is 4.03. The fourth-order valence-corrected chi connectivity index (χ4v) is 6.16. The van der Waals surface area contributed by atoms with Crippen molar-refractivity contribution in [3.8, 4) is 11.1 Å². The number of hydrogen-bond donors (Lipinski definition) is 1. The summed E-state index contributed by atoms with van der Waals surface area (Å²) in [6.45, 7) is 6.60. The van der Waals surface area contributed by atoms with Crippen LogP contribution in [0, 0.1) is 5.41 Å². The smallest absolute Gasteiger partial charge is 0.236 e. The van der Waals surface area contributed by atoms with Gasteiger partial charge >= 0.3 is 0 Å². The van der Waals surface area contributed by atoms with Crippen LogP contribution in [0.4, 0.5) is 0 Å². The minimum atomic E-state index is -0.140. The number of benzene rings is 5. The first-order chi connectivity index (χ1) is 19.9. The van der Waals surface area contributed by atoms with Gasteiger partial charge in [0, 0.05) is 27.5 Å². The second-order valence-corrected chi connectivity index (χ2v) is 11.1. The molecule has 0 atom stereocenters. The zero-order valence-corrected chi connectivity index (χ0v) is 23.4. The lowest BCUT2D eigenvalue weighted by Crippen LogP contribution is -2.17. The summed E-state index contributed by atoms with van der Waals surface area (Å²) >= 11 is 0. The molecule has 0 fully saturated rings. The molecule has 1 N–H and O–H groups in total. The number of amidine groups is 1. The number of fused-ring (bicyclic) bond motifs is 6. The zero-order chi connectivity index (χ0) is 28.1. The fraction of sp³-hybridized carbons (Fsp3) is 0.108. The van der Waals surface area contributed by atoms with Crippen molar-refractivity contribution in [3.63, 3.8) is 0 Å². The molecule has 0 bridgehead atoms. The third-order valence-corrected chi connectivity index (χ3v) is 8.29. The number of aliphatic imine (C=N–C) groups is 2. The summed E-state index contributed by atoms with van der Waals surface area (Å²) in [4.78, 5) is 10.0. The Kier molecular flexibility index (Phi) is 5.79. The molecule has 1 heterocycles. The first-order valence-corrected chi connectivity index (χ1v) is 13.9. The molecular weight excluding hydrogens is 500 g/mol. The molecule has 0 unspecified atom stereocenters. The maximum Gasteiger partial charge on any atom is 0.236 e. The van der Waals surface area contributed by atoms with Gasteiger partial charge in [-0.25, -0.2) is 4.99 Å². The van der Waals surface area contributed by atoms with Crippen LogP contribution in [0.25, 0.3) is 32.9 Å². The SMILES string of the molecule is C/C(=N\C(=N/C(=N)c1ccccc1)n1c2ccccc2c2cc3c(cc21)C(C)(C)c1ccccc1-3)c1ccccc1. The summed E-state index contributed by atoms with van der Waals surface area (Å²) < 4.78 is 2.13. The van der Waals surface area contributed by atoms with Crippen molar-refractivity contribution in [1.82, 2.24) is 4.57 Å². The van der Waals surface area contributed by atoms with E-state index in [1.54, 1.807) is 0 Å². The van der Waals surface area contributed by atoms with Gasteiger partial charge in [-0.2, -0.15) is 4.99 Å². The Morgan fingerprint density at radius 2 is 1.24 bits per heavy atom. The maximum atomic E-state index is 8.93. The molecule has 4 nitrogen and oxygen atoms in total. The van der Waals surface area contributed by atoms with Crippen molar-refractivity contribution in [2.24, 2.45) is 9.98 Å². The highest BCUT2D eigenvalue weighted by Gasteiger charge is 2.36. The molecule has 7 rings (SSSR count). The van der Waals surface area contributed by atoms with Gasteiger partial charge in [0.25, 0.3) is 0 Å². The number of para-hydroxylation sites is 1. The summed E-state index contributed by atoms with van der Waals surface area (Å²) in [6, 6.07) is 41.6. The van der Waals surface area contributed by atoms with Crippen LogP contribution in [0.3, 0.4) is 0 Å². The Balaban J connectivity index is 1.53. The van der Waals surface area contributed by atoms with Gasteiger partial charge in [-0.05, 0) is 52.9 Å². The predicted octanol–water partition coefficient (Wildman–Crippen LogP) is 8.84. The average molecular weight is 531 g/mol. The molecule has 0 radical (unpaired) electrons. The highest BCUT2D eigenvalue weighted by molar-refractivity contribution is 6.19. The van der Waals surface area contributed by atoms with E-state index in [0.717, 1.165) is 38.6 Å². The average Bonchev–Trinajstić information content (AvgIpc) is 3.45. The molecule has 0 saturated carbocycles. The quantitative estimate of drug-likeness (QED) is 0.172. The summed E-state index contributed by atoms with van der Waals surface area (Å²) in [5, 5.41) is 11.2. The maximum absolute atomic E-state index is 8.93. The normalized spacial score (nSPS) is 14.3. The standard InChI is InChI=1S/C37H30N4/c1-24(25-14-6-4-7-15-25)39-36(40-35(38)26-16-8-5-9-17-26)41-33-21-13-11-19-28(33)30-22-29-27-18-10-12-20-31(27)37(2,3)32(29)23-34(30)41/h4-23,38H,1-3H3/b38-35?,39-24+,40-36+. The van der Waals surface area contributed by atoms with E-state index in [9.17, 15) is 0 Å². The molecule has 4 heteroatoms. The summed E-state index contributed by atoms with van der Waals surface area (Å²) in [7, 11) is 0. The Bertz CT molecular complexity index is 2030. The van der Waals surface area contributed by atoms with Crippen molar-refractivity contribution in [2.45, 2.75) is 26.2 Å². The molecule has 0 amide bonds. The van der Waals surface area contributed by atoms with E-state index in [2.05, 4.69) is 91.2 Å². The van der Waals surface area contributed by atoms with Gasteiger partial charge < -0.3 is 0 Å². The van der Waals surface area contributed by atoms with Crippen molar-refractivity contribution in [3.05, 3.63) is 144 Å². The van der Waals surface area contributed by atoms with Crippen molar-refractivity contribution in [1.29, 1.82) is 5.41 Å². The molecule has 0 spiro atoms. The van der Waals surface area contributed by atoms with E-state index in [-0.39, 0.29) is 11.3 Å². The molecule has 0 saturated heterocycles. The van der Waals surface area contributed by atoms with Crippen molar-refractivity contribution < 1.29 is 0 Å². The van der Waals surface area contributed by atoms with Gasteiger partial charge in [0.15, 0.2) is 5.84 Å². The number of aromatic nitrogens is 1. The van der Waals surface area contributed by atoms with Crippen LogP contribution in [0.1, 0.15) is 43.0 Å². The molecule has 1 aliphatic carbocycles. The van der Waals surface area contributed by atoms with Gasteiger partial charge in [-0.15, -0.1) is 0 Å². The van der Waals surface area contributed by atoms with Crippen LogP contribution in [0.5, 0.6) is 0 Å². The lowest BCUT2D eigenvalue weighted by molar-refractivity contribution is 0.661. The van der Waals surface area contributed by atoms with Gasteiger partial charge in [0.05, 0.1) is 11.0 Å². The van der Waals surface area contributed by atoms with Crippen molar-refractivity contribution in [2.75, 3.05) is 0 Å². The third-order valence-electron chi connectivity index (χ3n) is 8.29. The van der Waals surface area contributed by atoms with E-state index in [1.807, 2.05) is 55.5 Å². The molecule has 1 aromatic heterocycles. The van der Waals surface area contributed by atoms with Crippen LogP contribution in [-0.2, 0) is 5.41 Å². The van der Waals surface area contributed by atoms with Crippen LogP contribution >= 0.6 is 0 Å². The fourth-order valence-electron chi connectivity index (χ4n) is 6.16. The van der Waals surface area contributed by atoms with E-state index in [1.165, 1.54) is 22.3 Å². The van der Waals surface area contributed by atoms with E-state index in [4.69, 9.17) is 15.4 Å². The molecule has 41 heavy (non-hydrogen) atoms. The van der Waals surface area contributed by atoms with Crippen LogP contribution in [0.15, 0.2) is 131 Å². The molecule has 6 aromatic rings. The minimum absolute atomic E-state index is 0.140. The number of rotatable bonds is 2.